The number of hydrogen-bond acceptors (Lipinski definition) is 3. The predicted octanol–water partition coefficient (Wildman–Crippen LogP) is 4.46. The highest BCUT2D eigenvalue weighted by atomic mass is 19.4. The van der Waals surface area contributed by atoms with E-state index in [4.69, 9.17) is 0 Å². The van der Waals surface area contributed by atoms with E-state index in [1.807, 2.05) is 30.3 Å². The molecule has 0 spiro atoms. The molecule has 1 atom stereocenters. The number of aliphatic hydroxyl groups is 1. The first-order chi connectivity index (χ1) is 12.6. The summed E-state index contributed by atoms with van der Waals surface area (Å²) in [7, 11) is 0. The molecule has 1 amide bonds. The number of amides is 1. The van der Waals surface area contributed by atoms with Crippen molar-refractivity contribution in [3.8, 4) is 11.1 Å². The molecule has 0 saturated heterocycles. The predicted molar refractivity (Wildman–Crippen MR) is 95.9 cm³/mol. The Balaban J connectivity index is 1.93. The molecule has 0 aliphatic carbocycles. The van der Waals surface area contributed by atoms with Crippen LogP contribution in [0, 0.1) is 5.92 Å². The normalized spacial score (nSPS) is 20.1. The molecule has 1 aliphatic rings. The van der Waals surface area contributed by atoms with Crippen molar-refractivity contribution in [2.45, 2.75) is 32.2 Å². The molecule has 1 heterocycles. The van der Waals surface area contributed by atoms with E-state index in [2.05, 4.69) is 5.10 Å². The molecule has 142 valence electrons. The molecular weight excluding hydrogens is 357 g/mol. The molecule has 0 bridgehead atoms. The van der Waals surface area contributed by atoms with Gasteiger partial charge in [-0.3, -0.25) is 4.79 Å². The second-order valence-corrected chi connectivity index (χ2v) is 6.80. The van der Waals surface area contributed by atoms with Crippen LogP contribution in [0.15, 0.2) is 59.7 Å². The lowest BCUT2D eigenvalue weighted by Crippen LogP contribution is -2.56. The van der Waals surface area contributed by atoms with Crippen LogP contribution in [0.4, 0.5) is 13.2 Å². The fourth-order valence-electron chi connectivity index (χ4n) is 2.89. The van der Waals surface area contributed by atoms with Gasteiger partial charge in [0.15, 0.2) is 0 Å². The van der Waals surface area contributed by atoms with E-state index in [9.17, 15) is 23.1 Å². The second kappa shape index (κ2) is 6.81. The summed E-state index contributed by atoms with van der Waals surface area (Å²) < 4.78 is 40.4. The van der Waals surface area contributed by atoms with Crippen LogP contribution >= 0.6 is 0 Å². The van der Waals surface area contributed by atoms with E-state index < -0.39 is 24.2 Å². The van der Waals surface area contributed by atoms with Crippen molar-refractivity contribution >= 4 is 11.6 Å². The van der Waals surface area contributed by atoms with Gasteiger partial charge in [-0.15, -0.1) is 0 Å². The number of nitrogens with zero attached hydrogens (tertiary/aromatic N) is 2. The Hall–Kier alpha value is -2.67. The molecule has 27 heavy (non-hydrogen) atoms. The van der Waals surface area contributed by atoms with Crippen LogP contribution in [0.2, 0.25) is 0 Å². The van der Waals surface area contributed by atoms with Gasteiger partial charge in [0, 0.05) is 17.7 Å². The van der Waals surface area contributed by atoms with Gasteiger partial charge in [-0.1, -0.05) is 56.3 Å². The summed E-state index contributed by atoms with van der Waals surface area (Å²) in [5.74, 6) is -1.32. The smallest absolute Gasteiger partial charge is 0.362 e. The summed E-state index contributed by atoms with van der Waals surface area (Å²) in [5.41, 5.74) is -1.44. The number of hydrazone groups is 1. The number of halogens is 3. The van der Waals surface area contributed by atoms with Gasteiger partial charge < -0.3 is 5.11 Å². The van der Waals surface area contributed by atoms with Crippen LogP contribution in [0.5, 0.6) is 0 Å². The zero-order valence-electron chi connectivity index (χ0n) is 14.9. The van der Waals surface area contributed by atoms with Crippen molar-refractivity contribution in [1.82, 2.24) is 5.01 Å². The fraction of sp³-hybridized carbons (Fsp3) is 0.300. The molecule has 2 aromatic carbocycles. The first kappa shape index (κ1) is 19.1. The molecule has 0 saturated carbocycles. The number of hydrogen-bond donors (Lipinski definition) is 1. The zero-order valence-corrected chi connectivity index (χ0v) is 14.9. The largest absolute Gasteiger partial charge is 0.438 e. The second-order valence-electron chi connectivity index (χ2n) is 6.80. The molecule has 7 heteroatoms. The Morgan fingerprint density at radius 2 is 1.63 bits per heavy atom. The van der Waals surface area contributed by atoms with E-state index in [-0.39, 0.29) is 22.2 Å². The molecule has 1 aliphatic heterocycles. The van der Waals surface area contributed by atoms with Gasteiger partial charge in [-0.2, -0.15) is 23.3 Å². The van der Waals surface area contributed by atoms with Crippen LogP contribution in [0.3, 0.4) is 0 Å². The molecule has 4 nitrogen and oxygen atoms in total. The van der Waals surface area contributed by atoms with Gasteiger partial charge in [-0.05, 0) is 29.2 Å². The minimum absolute atomic E-state index is 0.0195. The standard InChI is InChI=1S/C20H19F3N2O2/c1-13(2)17-12-19(27,20(21,22)23)25(24-17)18(26)16-10-8-15(9-11-16)14-6-4-3-5-7-14/h3-11,13,27H,12H2,1-2H3/t19-/m0/s1. The molecule has 2 aromatic rings. The Bertz CT molecular complexity index is 861. The van der Waals surface area contributed by atoms with E-state index in [1.54, 1.807) is 26.0 Å². The Morgan fingerprint density at radius 1 is 1.07 bits per heavy atom. The summed E-state index contributed by atoms with van der Waals surface area (Å²) in [4.78, 5) is 12.7. The molecular formula is C20H19F3N2O2. The lowest BCUT2D eigenvalue weighted by atomic mass is 9.98. The maximum atomic E-state index is 13.5. The van der Waals surface area contributed by atoms with Gasteiger partial charge in [0.25, 0.3) is 11.6 Å². The van der Waals surface area contributed by atoms with Gasteiger partial charge in [0.2, 0.25) is 0 Å². The maximum absolute atomic E-state index is 13.5. The van der Waals surface area contributed by atoms with Crippen molar-refractivity contribution < 1.29 is 23.1 Å². The topological polar surface area (TPSA) is 52.9 Å². The van der Waals surface area contributed by atoms with Gasteiger partial charge in [0.05, 0.1) is 0 Å². The summed E-state index contributed by atoms with van der Waals surface area (Å²) in [5, 5.41) is 14.2. The third-order valence-corrected chi connectivity index (χ3v) is 4.56. The minimum atomic E-state index is -5.02. The average molecular weight is 376 g/mol. The highest BCUT2D eigenvalue weighted by Gasteiger charge is 2.63. The number of benzene rings is 2. The van der Waals surface area contributed by atoms with E-state index in [0.717, 1.165) is 11.1 Å². The molecule has 0 unspecified atom stereocenters. The third-order valence-electron chi connectivity index (χ3n) is 4.56. The third kappa shape index (κ3) is 3.47. The number of alkyl halides is 3. The summed E-state index contributed by atoms with van der Waals surface area (Å²) in [6, 6.07) is 15.6. The van der Waals surface area contributed by atoms with E-state index in [0.29, 0.717) is 0 Å². The van der Waals surface area contributed by atoms with Crippen molar-refractivity contribution in [2.75, 3.05) is 0 Å². The molecule has 3 rings (SSSR count). The monoisotopic (exact) mass is 376 g/mol. The highest BCUT2D eigenvalue weighted by molar-refractivity contribution is 5.99. The Kier molecular flexibility index (Phi) is 4.82. The SMILES string of the molecule is CC(C)C1=NN(C(=O)c2ccc(-c3ccccc3)cc2)[C@@](O)(C(F)(F)F)C1. The van der Waals surface area contributed by atoms with Gasteiger partial charge in [-0.25, -0.2) is 0 Å². The highest BCUT2D eigenvalue weighted by Crippen LogP contribution is 2.42. The van der Waals surface area contributed by atoms with E-state index >= 15 is 0 Å². The van der Waals surface area contributed by atoms with Crippen molar-refractivity contribution in [2.24, 2.45) is 11.0 Å². The summed E-state index contributed by atoms with van der Waals surface area (Å²) in [6.07, 6.45) is -5.77. The number of carbonyl (C=O) groups is 1. The van der Waals surface area contributed by atoms with Crippen LogP contribution < -0.4 is 0 Å². The quantitative estimate of drug-likeness (QED) is 0.860. The zero-order chi connectivity index (χ0) is 19.8. The van der Waals surface area contributed by atoms with Crippen LogP contribution in [-0.2, 0) is 0 Å². The fourth-order valence-corrected chi connectivity index (χ4v) is 2.89. The van der Waals surface area contributed by atoms with Crippen LogP contribution in [0.25, 0.3) is 11.1 Å². The lowest BCUT2D eigenvalue weighted by molar-refractivity contribution is -0.297. The molecule has 1 N–H and O–H groups in total. The maximum Gasteiger partial charge on any atom is 0.438 e. The first-order valence-electron chi connectivity index (χ1n) is 8.50. The van der Waals surface area contributed by atoms with Crippen molar-refractivity contribution in [3.63, 3.8) is 0 Å². The molecule has 0 aromatic heterocycles. The number of carbonyl (C=O) groups excluding carboxylic acids is 1. The van der Waals surface area contributed by atoms with Crippen LogP contribution in [0.1, 0.15) is 30.6 Å². The lowest BCUT2D eigenvalue weighted by Gasteiger charge is -2.32. The van der Waals surface area contributed by atoms with Gasteiger partial charge in [0.1, 0.15) is 0 Å². The molecule has 0 fully saturated rings. The van der Waals surface area contributed by atoms with Crippen LogP contribution in [-0.4, -0.2) is 33.6 Å². The van der Waals surface area contributed by atoms with Gasteiger partial charge >= 0.3 is 6.18 Å². The molecule has 0 radical (unpaired) electrons. The minimum Gasteiger partial charge on any atom is -0.362 e. The number of rotatable bonds is 3. The van der Waals surface area contributed by atoms with Crippen molar-refractivity contribution in [1.29, 1.82) is 0 Å². The summed E-state index contributed by atoms with van der Waals surface area (Å²) in [6.45, 7) is 3.33. The van der Waals surface area contributed by atoms with Crippen molar-refractivity contribution in [3.05, 3.63) is 60.2 Å². The Morgan fingerprint density at radius 3 is 2.15 bits per heavy atom. The Labute approximate surface area is 154 Å². The average Bonchev–Trinajstić information content (AvgIpc) is 3.01. The summed E-state index contributed by atoms with van der Waals surface area (Å²) >= 11 is 0. The first-order valence-corrected chi connectivity index (χ1v) is 8.50. The van der Waals surface area contributed by atoms with E-state index in [1.165, 1.54) is 12.1 Å².